The lowest BCUT2D eigenvalue weighted by molar-refractivity contribution is -0.121. The third kappa shape index (κ3) is 5.25. The van der Waals surface area contributed by atoms with Crippen LogP contribution in [0.1, 0.15) is 28.8 Å². The summed E-state index contributed by atoms with van der Waals surface area (Å²) in [6.45, 7) is 1.73. The van der Waals surface area contributed by atoms with Gasteiger partial charge in [-0.15, -0.1) is 0 Å². The summed E-state index contributed by atoms with van der Waals surface area (Å²) < 4.78 is 6.50. The van der Waals surface area contributed by atoms with Crippen LogP contribution in [0.5, 0.6) is 11.5 Å². The molecule has 2 aliphatic rings. The Kier molecular flexibility index (Phi) is 7.09. The van der Waals surface area contributed by atoms with E-state index in [1.807, 2.05) is 35.2 Å². The number of halogens is 1. The first-order valence-corrected chi connectivity index (χ1v) is 12.2. The van der Waals surface area contributed by atoms with Crippen molar-refractivity contribution in [3.63, 3.8) is 0 Å². The van der Waals surface area contributed by atoms with Crippen LogP contribution in [-0.2, 0) is 4.79 Å². The topological polar surface area (TPSA) is 87.2 Å². The standard InChI is InChI=1S/C24H23BrN2O5S/c1-26-23(30)21(33-24(26)31)12-17-11-20(19(28)13-18(17)25)32-14-15-7-9-27(10-8-15)22(29)16-5-3-2-4-6-16/h2-6,11-13,15,28H,7-10,14H2,1H3/b21-12-. The van der Waals surface area contributed by atoms with E-state index in [1.165, 1.54) is 13.1 Å². The van der Waals surface area contributed by atoms with E-state index in [9.17, 15) is 19.5 Å². The van der Waals surface area contributed by atoms with Crippen molar-refractivity contribution in [2.24, 2.45) is 5.92 Å². The van der Waals surface area contributed by atoms with E-state index in [0.717, 1.165) is 29.5 Å². The number of hydrogen-bond acceptors (Lipinski definition) is 6. The number of hydrogen-bond donors (Lipinski definition) is 1. The number of aromatic hydroxyl groups is 1. The molecule has 0 atom stereocenters. The van der Waals surface area contributed by atoms with Crippen molar-refractivity contribution in [3.05, 3.63) is 63.0 Å². The van der Waals surface area contributed by atoms with Gasteiger partial charge in [0.25, 0.3) is 17.1 Å². The Morgan fingerprint density at radius 1 is 1.21 bits per heavy atom. The first kappa shape index (κ1) is 23.4. The van der Waals surface area contributed by atoms with Gasteiger partial charge in [-0.2, -0.15) is 0 Å². The van der Waals surface area contributed by atoms with Crippen LogP contribution in [-0.4, -0.2) is 58.7 Å². The molecule has 1 N–H and O–H groups in total. The molecule has 0 aromatic heterocycles. The summed E-state index contributed by atoms with van der Waals surface area (Å²) in [4.78, 5) is 39.8. The molecule has 2 aromatic carbocycles. The van der Waals surface area contributed by atoms with Gasteiger partial charge in [-0.05, 0) is 66.4 Å². The highest BCUT2D eigenvalue weighted by atomic mass is 79.9. The summed E-state index contributed by atoms with van der Waals surface area (Å²) in [6, 6.07) is 12.4. The van der Waals surface area contributed by atoms with E-state index in [0.29, 0.717) is 46.0 Å². The fraction of sp³-hybridized carbons (Fsp3) is 0.292. The highest BCUT2D eigenvalue weighted by Gasteiger charge is 2.32. The molecule has 7 nitrogen and oxygen atoms in total. The molecule has 9 heteroatoms. The van der Waals surface area contributed by atoms with Gasteiger partial charge in [0.1, 0.15) is 0 Å². The minimum Gasteiger partial charge on any atom is -0.504 e. The van der Waals surface area contributed by atoms with E-state index >= 15 is 0 Å². The zero-order valence-electron chi connectivity index (χ0n) is 18.0. The molecule has 0 saturated carbocycles. The number of thioether (sulfide) groups is 1. The summed E-state index contributed by atoms with van der Waals surface area (Å²) >= 11 is 4.26. The van der Waals surface area contributed by atoms with Crippen molar-refractivity contribution < 1.29 is 24.2 Å². The fourth-order valence-corrected chi connectivity index (χ4v) is 5.01. The molecule has 2 heterocycles. The lowest BCUT2D eigenvalue weighted by Crippen LogP contribution is -2.39. The van der Waals surface area contributed by atoms with Crippen molar-refractivity contribution in [2.75, 3.05) is 26.7 Å². The third-order valence-corrected chi connectivity index (χ3v) is 7.40. The van der Waals surface area contributed by atoms with E-state index in [1.54, 1.807) is 12.1 Å². The zero-order chi connectivity index (χ0) is 23.5. The average Bonchev–Trinajstić information content (AvgIpc) is 3.07. The first-order valence-electron chi connectivity index (χ1n) is 10.5. The fourth-order valence-electron chi connectivity index (χ4n) is 3.75. The predicted molar refractivity (Wildman–Crippen MR) is 130 cm³/mol. The number of nitrogens with zero attached hydrogens (tertiary/aromatic N) is 2. The second-order valence-electron chi connectivity index (χ2n) is 7.99. The Hall–Kier alpha value is -2.78. The molecular formula is C24H23BrN2O5S. The monoisotopic (exact) mass is 530 g/mol. The molecule has 0 unspecified atom stereocenters. The summed E-state index contributed by atoms with van der Waals surface area (Å²) in [7, 11) is 1.44. The number of rotatable bonds is 5. The Balaban J connectivity index is 1.37. The van der Waals surface area contributed by atoms with Crippen LogP contribution in [0.15, 0.2) is 51.8 Å². The third-order valence-electron chi connectivity index (χ3n) is 5.75. The van der Waals surface area contributed by atoms with Crippen LogP contribution in [0.4, 0.5) is 4.79 Å². The number of carbonyl (C=O) groups excluding carboxylic acids is 3. The van der Waals surface area contributed by atoms with Crippen LogP contribution >= 0.6 is 27.7 Å². The predicted octanol–water partition coefficient (Wildman–Crippen LogP) is 4.75. The van der Waals surface area contributed by atoms with Gasteiger partial charge in [0.05, 0.1) is 11.5 Å². The molecule has 0 bridgehead atoms. The van der Waals surface area contributed by atoms with Crippen LogP contribution in [0.2, 0.25) is 0 Å². The molecule has 0 aliphatic carbocycles. The molecule has 0 spiro atoms. The minimum atomic E-state index is -0.357. The number of carbonyl (C=O) groups is 3. The molecule has 0 radical (unpaired) electrons. The molecule has 2 aliphatic heterocycles. The van der Waals surface area contributed by atoms with Gasteiger partial charge in [-0.3, -0.25) is 19.3 Å². The Morgan fingerprint density at radius 2 is 1.91 bits per heavy atom. The van der Waals surface area contributed by atoms with E-state index in [-0.39, 0.29) is 28.7 Å². The normalized spacial score (nSPS) is 18.3. The number of phenols is 1. The van der Waals surface area contributed by atoms with E-state index in [4.69, 9.17) is 4.74 Å². The Labute approximate surface area is 204 Å². The smallest absolute Gasteiger partial charge is 0.293 e. The second-order valence-corrected chi connectivity index (χ2v) is 9.84. The molecule has 172 valence electrons. The molecule has 4 rings (SSSR count). The minimum absolute atomic E-state index is 0.0145. The highest BCUT2D eigenvalue weighted by Crippen LogP contribution is 2.37. The zero-order valence-corrected chi connectivity index (χ0v) is 20.4. The maximum atomic E-state index is 12.6. The summed E-state index contributed by atoms with van der Waals surface area (Å²) in [5.41, 5.74) is 1.32. The van der Waals surface area contributed by atoms with Crippen molar-refractivity contribution >= 4 is 50.8 Å². The van der Waals surface area contributed by atoms with Crippen molar-refractivity contribution in [1.82, 2.24) is 9.80 Å². The second kappa shape index (κ2) is 10.0. The number of likely N-dealkylation sites (tertiary alicyclic amines) is 1. The van der Waals surface area contributed by atoms with Crippen LogP contribution in [0.3, 0.4) is 0 Å². The van der Waals surface area contributed by atoms with Crippen molar-refractivity contribution in [2.45, 2.75) is 12.8 Å². The highest BCUT2D eigenvalue weighted by molar-refractivity contribution is 9.10. The number of benzene rings is 2. The summed E-state index contributed by atoms with van der Waals surface area (Å²) in [6.07, 6.45) is 3.23. The van der Waals surface area contributed by atoms with E-state index in [2.05, 4.69) is 15.9 Å². The maximum absolute atomic E-state index is 12.6. The van der Waals surface area contributed by atoms with Crippen LogP contribution < -0.4 is 4.74 Å². The van der Waals surface area contributed by atoms with Crippen molar-refractivity contribution in [1.29, 1.82) is 0 Å². The summed E-state index contributed by atoms with van der Waals surface area (Å²) in [5.74, 6) is 0.237. The van der Waals surface area contributed by atoms with Gasteiger partial charge in [-0.25, -0.2) is 0 Å². The van der Waals surface area contributed by atoms with Gasteiger partial charge in [-0.1, -0.05) is 34.1 Å². The number of phenolic OH excluding ortho intramolecular Hbond substituents is 1. The molecule has 2 aromatic rings. The lowest BCUT2D eigenvalue weighted by atomic mass is 9.97. The largest absolute Gasteiger partial charge is 0.504 e. The SMILES string of the molecule is CN1C(=O)S/C(=C\c2cc(OCC3CCN(C(=O)c4ccccc4)CC3)c(O)cc2Br)C1=O. The van der Waals surface area contributed by atoms with Gasteiger partial charge in [0.15, 0.2) is 11.5 Å². The maximum Gasteiger partial charge on any atom is 0.293 e. The molecule has 33 heavy (non-hydrogen) atoms. The first-order chi connectivity index (χ1) is 15.8. The molecule has 2 fully saturated rings. The Morgan fingerprint density at radius 3 is 2.55 bits per heavy atom. The Bertz CT molecular complexity index is 1110. The van der Waals surface area contributed by atoms with Gasteiger partial charge >= 0.3 is 0 Å². The number of amides is 3. The number of piperidine rings is 1. The number of imide groups is 1. The van der Waals surface area contributed by atoms with Gasteiger partial charge < -0.3 is 14.7 Å². The van der Waals surface area contributed by atoms with E-state index < -0.39 is 0 Å². The lowest BCUT2D eigenvalue weighted by Gasteiger charge is -2.32. The van der Waals surface area contributed by atoms with Crippen LogP contribution in [0.25, 0.3) is 6.08 Å². The summed E-state index contributed by atoms with van der Waals surface area (Å²) in [5, 5.41) is 10.00. The average molecular weight is 531 g/mol. The number of likely N-dealkylation sites (N-methyl/N-ethyl adjacent to an activating group) is 1. The molecular weight excluding hydrogens is 508 g/mol. The van der Waals surface area contributed by atoms with Gasteiger partial charge in [0, 0.05) is 30.2 Å². The van der Waals surface area contributed by atoms with Crippen LogP contribution in [0, 0.1) is 5.92 Å². The van der Waals surface area contributed by atoms with Crippen molar-refractivity contribution in [3.8, 4) is 11.5 Å². The quantitative estimate of drug-likeness (QED) is 0.561. The number of ether oxygens (including phenoxy) is 1. The molecule has 3 amide bonds. The van der Waals surface area contributed by atoms with Gasteiger partial charge in [0.2, 0.25) is 0 Å². The molecule has 2 saturated heterocycles.